The smallest absolute Gasteiger partial charge is 0.126 e. The summed E-state index contributed by atoms with van der Waals surface area (Å²) in [6.45, 7) is 2.15. The summed E-state index contributed by atoms with van der Waals surface area (Å²) in [4.78, 5) is 0. The van der Waals surface area contributed by atoms with Crippen LogP contribution in [-0.2, 0) is 4.74 Å². The van der Waals surface area contributed by atoms with Gasteiger partial charge in [-0.05, 0) is 25.2 Å². The number of methoxy groups -OCH3 is 1. The molecule has 2 heteroatoms. The zero-order valence-electron chi connectivity index (χ0n) is 6.64. The summed E-state index contributed by atoms with van der Waals surface area (Å²) < 4.78 is 17.9. The zero-order valence-corrected chi connectivity index (χ0v) is 6.64. The van der Waals surface area contributed by atoms with Gasteiger partial charge >= 0.3 is 0 Å². The van der Waals surface area contributed by atoms with Crippen LogP contribution >= 0.6 is 0 Å². The van der Waals surface area contributed by atoms with Crippen molar-refractivity contribution < 1.29 is 9.13 Å². The van der Waals surface area contributed by atoms with Crippen LogP contribution < -0.4 is 0 Å². The van der Waals surface area contributed by atoms with Crippen molar-refractivity contribution in [1.29, 1.82) is 0 Å². The van der Waals surface area contributed by atoms with Gasteiger partial charge in [0.2, 0.25) is 0 Å². The van der Waals surface area contributed by atoms with Crippen LogP contribution in [0.5, 0.6) is 0 Å². The lowest BCUT2D eigenvalue weighted by Crippen LogP contribution is -2.31. The van der Waals surface area contributed by atoms with E-state index in [1.807, 2.05) is 0 Å². The summed E-state index contributed by atoms with van der Waals surface area (Å²) in [5, 5.41) is 0. The molecule has 0 aromatic carbocycles. The lowest BCUT2D eigenvalue weighted by molar-refractivity contribution is -0.00868. The monoisotopic (exact) mass is 146 g/mol. The SMILES string of the molecule is CO[C@H]1C[C@H](C)CC[C@@H]1F. The maximum absolute atomic E-state index is 12.9. The first-order chi connectivity index (χ1) is 4.74. The van der Waals surface area contributed by atoms with Gasteiger partial charge in [0.1, 0.15) is 6.17 Å². The molecule has 0 spiro atoms. The van der Waals surface area contributed by atoms with Crippen molar-refractivity contribution in [2.45, 2.75) is 38.5 Å². The highest BCUT2D eigenvalue weighted by molar-refractivity contribution is 4.78. The van der Waals surface area contributed by atoms with Crippen LogP contribution in [-0.4, -0.2) is 19.4 Å². The van der Waals surface area contributed by atoms with Crippen molar-refractivity contribution in [1.82, 2.24) is 0 Å². The maximum atomic E-state index is 12.9. The van der Waals surface area contributed by atoms with Crippen LogP contribution in [0, 0.1) is 5.92 Å². The van der Waals surface area contributed by atoms with E-state index in [-0.39, 0.29) is 6.10 Å². The van der Waals surface area contributed by atoms with Crippen molar-refractivity contribution in [3.8, 4) is 0 Å². The average Bonchev–Trinajstić information content (AvgIpc) is 1.94. The Morgan fingerprint density at radius 3 is 2.60 bits per heavy atom. The van der Waals surface area contributed by atoms with Gasteiger partial charge in [-0.1, -0.05) is 6.92 Å². The molecular weight excluding hydrogens is 131 g/mol. The van der Waals surface area contributed by atoms with Crippen molar-refractivity contribution in [3.05, 3.63) is 0 Å². The highest BCUT2D eigenvalue weighted by atomic mass is 19.1. The van der Waals surface area contributed by atoms with Crippen LogP contribution in [0.2, 0.25) is 0 Å². The third-order valence-corrected chi connectivity index (χ3v) is 2.28. The Labute approximate surface area is 61.6 Å². The predicted octanol–water partition coefficient (Wildman–Crippen LogP) is 2.16. The van der Waals surface area contributed by atoms with Gasteiger partial charge in [-0.3, -0.25) is 0 Å². The fourth-order valence-electron chi connectivity index (χ4n) is 1.54. The Kier molecular flexibility index (Phi) is 2.66. The number of hydrogen-bond acceptors (Lipinski definition) is 1. The standard InChI is InChI=1S/C8H15FO/c1-6-3-4-7(9)8(5-6)10-2/h6-8H,3-5H2,1-2H3/t6-,7+,8+/m1/s1. The van der Waals surface area contributed by atoms with Crippen LogP contribution in [0.25, 0.3) is 0 Å². The molecule has 10 heavy (non-hydrogen) atoms. The fourth-order valence-corrected chi connectivity index (χ4v) is 1.54. The van der Waals surface area contributed by atoms with Gasteiger partial charge in [-0.15, -0.1) is 0 Å². The van der Waals surface area contributed by atoms with Gasteiger partial charge in [0.15, 0.2) is 0 Å². The van der Waals surface area contributed by atoms with E-state index in [2.05, 4.69) is 6.92 Å². The quantitative estimate of drug-likeness (QED) is 0.550. The summed E-state index contributed by atoms with van der Waals surface area (Å²) in [5.41, 5.74) is 0. The molecule has 1 saturated carbocycles. The molecule has 0 saturated heterocycles. The molecule has 1 rings (SSSR count). The van der Waals surface area contributed by atoms with E-state index in [1.54, 1.807) is 7.11 Å². The second-order valence-electron chi connectivity index (χ2n) is 3.21. The average molecular weight is 146 g/mol. The molecule has 1 nitrogen and oxygen atoms in total. The first-order valence-corrected chi connectivity index (χ1v) is 3.91. The van der Waals surface area contributed by atoms with Gasteiger partial charge in [-0.25, -0.2) is 4.39 Å². The number of rotatable bonds is 1. The minimum atomic E-state index is -0.721. The number of hydrogen-bond donors (Lipinski definition) is 0. The summed E-state index contributed by atoms with van der Waals surface area (Å²) in [6.07, 6.45) is 1.73. The third-order valence-electron chi connectivity index (χ3n) is 2.28. The third kappa shape index (κ3) is 1.69. The minimum absolute atomic E-state index is 0.135. The molecule has 1 aliphatic rings. The second-order valence-corrected chi connectivity index (χ2v) is 3.21. The summed E-state index contributed by atoms with van der Waals surface area (Å²) >= 11 is 0. The second kappa shape index (κ2) is 3.33. The van der Waals surface area contributed by atoms with Gasteiger partial charge in [-0.2, -0.15) is 0 Å². The van der Waals surface area contributed by atoms with E-state index >= 15 is 0 Å². The maximum Gasteiger partial charge on any atom is 0.126 e. The van der Waals surface area contributed by atoms with E-state index < -0.39 is 6.17 Å². The summed E-state index contributed by atoms with van der Waals surface area (Å²) in [7, 11) is 1.59. The van der Waals surface area contributed by atoms with E-state index in [1.165, 1.54) is 0 Å². The highest BCUT2D eigenvalue weighted by Gasteiger charge is 2.27. The molecular formula is C8H15FO. The fraction of sp³-hybridized carbons (Fsp3) is 1.00. The Balaban J connectivity index is 2.38. The predicted molar refractivity (Wildman–Crippen MR) is 38.7 cm³/mol. The number of halogens is 1. The number of alkyl halides is 1. The first kappa shape index (κ1) is 7.99. The molecule has 3 atom stereocenters. The van der Waals surface area contributed by atoms with Gasteiger partial charge in [0.05, 0.1) is 6.10 Å². The van der Waals surface area contributed by atoms with Crippen molar-refractivity contribution in [2.75, 3.05) is 7.11 Å². The Morgan fingerprint density at radius 2 is 2.10 bits per heavy atom. The molecule has 0 aromatic heterocycles. The van der Waals surface area contributed by atoms with Crippen molar-refractivity contribution >= 4 is 0 Å². The Morgan fingerprint density at radius 1 is 1.40 bits per heavy atom. The zero-order chi connectivity index (χ0) is 7.56. The molecule has 0 amide bonds. The topological polar surface area (TPSA) is 9.23 Å². The normalized spacial score (nSPS) is 41.7. The lowest BCUT2D eigenvalue weighted by atomic mass is 9.87. The molecule has 0 unspecified atom stereocenters. The molecule has 0 heterocycles. The minimum Gasteiger partial charge on any atom is -0.378 e. The largest absolute Gasteiger partial charge is 0.378 e. The van der Waals surface area contributed by atoms with E-state index in [0.717, 1.165) is 12.8 Å². The van der Waals surface area contributed by atoms with Crippen molar-refractivity contribution in [2.24, 2.45) is 5.92 Å². The van der Waals surface area contributed by atoms with Crippen LogP contribution in [0.4, 0.5) is 4.39 Å². The van der Waals surface area contributed by atoms with Crippen LogP contribution in [0.3, 0.4) is 0 Å². The van der Waals surface area contributed by atoms with Crippen LogP contribution in [0.15, 0.2) is 0 Å². The first-order valence-electron chi connectivity index (χ1n) is 3.91. The molecule has 1 aliphatic carbocycles. The van der Waals surface area contributed by atoms with Crippen LogP contribution in [0.1, 0.15) is 26.2 Å². The lowest BCUT2D eigenvalue weighted by Gasteiger charge is -2.28. The molecule has 0 bridgehead atoms. The highest BCUT2D eigenvalue weighted by Crippen LogP contribution is 2.27. The molecule has 0 radical (unpaired) electrons. The van der Waals surface area contributed by atoms with E-state index in [0.29, 0.717) is 12.3 Å². The van der Waals surface area contributed by atoms with Gasteiger partial charge < -0.3 is 4.74 Å². The Hall–Kier alpha value is -0.110. The molecule has 0 aromatic rings. The van der Waals surface area contributed by atoms with E-state index in [9.17, 15) is 4.39 Å². The van der Waals surface area contributed by atoms with E-state index in [4.69, 9.17) is 4.74 Å². The van der Waals surface area contributed by atoms with Gasteiger partial charge in [0.25, 0.3) is 0 Å². The summed E-state index contributed by atoms with van der Waals surface area (Å²) in [6, 6.07) is 0. The molecule has 0 aliphatic heterocycles. The number of ether oxygens (including phenoxy) is 1. The Bertz CT molecular complexity index is 105. The summed E-state index contributed by atoms with van der Waals surface area (Å²) in [5.74, 6) is 0.636. The molecule has 0 N–H and O–H groups in total. The van der Waals surface area contributed by atoms with Crippen molar-refractivity contribution in [3.63, 3.8) is 0 Å². The molecule has 1 fully saturated rings. The molecule has 60 valence electrons. The van der Waals surface area contributed by atoms with Gasteiger partial charge in [0, 0.05) is 7.11 Å².